The van der Waals surface area contributed by atoms with Crippen LogP contribution >= 0.6 is 28.1 Å². The predicted octanol–water partition coefficient (Wildman–Crippen LogP) is 3.87. The number of halogens is 1. The van der Waals surface area contributed by atoms with Gasteiger partial charge in [0, 0.05) is 15.6 Å². The first kappa shape index (κ1) is 19.1. The van der Waals surface area contributed by atoms with E-state index in [0.29, 0.717) is 22.1 Å². The van der Waals surface area contributed by atoms with E-state index < -0.39 is 6.04 Å². The summed E-state index contributed by atoms with van der Waals surface area (Å²) < 4.78 is 6.41. The molecule has 0 saturated heterocycles. The van der Waals surface area contributed by atoms with Gasteiger partial charge in [0.2, 0.25) is 0 Å². The molecule has 1 aliphatic heterocycles. The second kappa shape index (κ2) is 8.33. The molecule has 3 rings (SSSR count). The molecule has 2 N–H and O–H groups in total. The number of nitrogens with zero attached hydrogens (tertiary/aromatic N) is 1. The molecule has 0 aromatic heterocycles. The summed E-state index contributed by atoms with van der Waals surface area (Å²) in [7, 11) is 0. The van der Waals surface area contributed by atoms with E-state index in [2.05, 4.69) is 26.6 Å². The third-order valence-corrected chi connectivity index (χ3v) is 4.80. The maximum Gasteiger partial charge on any atom is 0.174 e. The summed E-state index contributed by atoms with van der Waals surface area (Å²) in [5, 5.41) is 15.6. The van der Waals surface area contributed by atoms with Crippen molar-refractivity contribution in [2.45, 2.75) is 13.0 Å². The Hall–Kier alpha value is -2.69. The number of hydrogen-bond acceptors (Lipinski definition) is 4. The topological polar surface area (TPSA) is 74.2 Å². The molecule has 0 amide bonds. The number of thiocarbonyl (C=S) groups is 1. The van der Waals surface area contributed by atoms with Crippen LogP contribution in [0.1, 0.15) is 24.1 Å². The van der Waals surface area contributed by atoms with E-state index in [-0.39, 0.29) is 12.4 Å². The molecule has 1 heterocycles. The third-order valence-electron chi connectivity index (χ3n) is 4.09. The summed E-state index contributed by atoms with van der Waals surface area (Å²) in [4.78, 5) is 12.6. The smallest absolute Gasteiger partial charge is 0.174 e. The van der Waals surface area contributed by atoms with Crippen molar-refractivity contribution >= 4 is 44.7 Å². The van der Waals surface area contributed by atoms with Crippen LogP contribution in [0.3, 0.4) is 0 Å². The summed E-state index contributed by atoms with van der Waals surface area (Å²) in [6.45, 7) is 1.44. The van der Waals surface area contributed by atoms with Gasteiger partial charge in [-0.2, -0.15) is 5.26 Å². The van der Waals surface area contributed by atoms with Crippen LogP contribution < -0.4 is 15.4 Å². The molecule has 0 aliphatic carbocycles. The highest BCUT2D eigenvalue weighted by Crippen LogP contribution is 2.37. The van der Waals surface area contributed by atoms with Crippen molar-refractivity contribution in [2.24, 2.45) is 0 Å². The number of benzene rings is 2. The van der Waals surface area contributed by atoms with Gasteiger partial charge in [-0.25, -0.2) is 0 Å². The minimum Gasteiger partial charge on any atom is -0.478 e. The standard InChI is InChI=1S/C20H16BrN3O2S/c1-12(25)17-18(13-5-3-2-4-6-13)23-20(27)24-19(17)15-11-14(21)7-8-16(15)26-10-9-22/h2-8,11,19H,10H2,1H3,(H2,23,24,27). The zero-order valence-corrected chi connectivity index (χ0v) is 16.9. The van der Waals surface area contributed by atoms with Crippen molar-refractivity contribution in [1.29, 1.82) is 5.26 Å². The number of hydrogen-bond donors (Lipinski definition) is 2. The van der Waals surface area contributed by atoms with Crippen molar-refractivity contribution < 1.29 is 9.53 Å². The van der Waals surface area contributed by atoms with Gasteiger partial charge >= 0.3 is 0 Å². The molecule has 2 aromatic carbocycles. The van der Waals surface area contributed by atoms with Crippen molar-refractivity contribution in [1.82, 2.24) is 10.6 Å². The summed E-state index contributed by atoms with van der Waals surface area (Å²) >= 11 is 8.86. The zero-order chi connectivity index (χ0) is 19.4. The SMILES string of the molecule is CC(=O)C1=C(c2ccccc2)NC(=S)NC1c1cc(Br)ccc1OCC#N. The maximum atomic E-state index is 12.6. The highest BCUT2D eigenvalue weighted by atomic mass is 79.9. The highest BCUT2D eigenvalue weighted by Gasteiger charge is 2.32. The van der Waals surface area contributed by atoms with Gasteiger partial charge in [-0.15, -0.1) is 0 Å². The number of carbonyl (C=O) groups excluding carboxylic acids is 1. The first-order valence-electron chi connectivity index (χ1n) is 8.18. The minimum absolute atomic E-state index is 0.0886. The van der Waals surface area contributed by atoms with Crippen LogP contribution in [0, 0.1) is 11.3 Å². The largest absolute Gasteiger partial charge is 0.478 e. The van der Waals surface area contributed by atoms with Crippen molar-refractivity contribution in [3.63, 3.8) is 0 Å². The van der Waals surface area contributed by atoms with E-state index in [4.69, 9.17) is 22.2 Å². The molecule has 27 heavy (non-hydrogen) atoms. The number of rotatable bonds is 5. The quantitative estimate of drug-likeness (QED) is 0.685. The molecule has 1 aliphatic rings. The van der Waals surface area contributed by atoms with Crippen molar-refractivity contribution in [3.8, 4) is 11.8 Å². The highest BCUT2D eigenvalue weighted by molar-refractivity contribution is 9.10. The Kier molecular flexibility index (Phi) is 5.89. The van der Waals surface area contributed by atoms with Gasteiger partial charge in [-0.3, -0.25) is 4.79 Å². The molecule has 1 atom stereocenters. The molecule has 0 spiro atoms. The lowest BCUT2D eigenvalue weighted by Crippen LogP contribution is -2.44. The van der Waals surface area contributed by atoms with Crippen molar-refractivity contribution in [2.75, 3.05) is 6.61 Å². The second-order valence-corrected chi connectivity index (χ2v) is 7.20. The molecule has 0 bridgehead atoms. The van der Waals surface area contributed by atoms with E-state index in [1.807, 2.05) is 48.5 Å². The molecular formula is C20H16BrN3O2S. The molecule has 0 saturated carbocycles. The average Bonchev–Trinajstić information content (AvgIpc) is 2.66. The summed E-state index contributed by atoms with van der Waals surface area (Å²) in [5.74, 6) is 0.431. The Morgan fingerprint density at radius 3 is 2.70 bits per heavy atom. The molecule has 0 fully saturated rings. The second-order valence-electron chi connectivity index (χ2n) is 5.87. The molecule has 0 radical (unpaired) electrons. The van der Waals surface area contributed by atoms with Gasteiger partial charge < -0.3 is 15.4 Å². The lowest BCUT2D eigenvalue weighted by atomic mass is 9.90. The molecule has 2 aromatic rings. The maximum absolute atomic E-state index is 12.6. The number of ketones is 1. The van der Waals surface area contributed by atoms with E-state index in [9.17, 15) is 4.79 Å². The summed E-state index contributed by atoms with van der Waals surface area (Å²) in [6.07, 6.45) is 0. The normalized spacial score (nSPS) is 16.2. The minimum atomic E-state index is -0.502. The van der Waals surface area contributed by atoms with Crippen LogP contribution in [-0.4, -0.2) is 17.5 Å². The Labute approximate surface area is 171 Å². The lowest BCUT2D eigenvalue weighted by molar-refractivity contribution is -0.113. The summed E-state index contributed by atoms with van der Waals surface area (Å²) in [6, 6.07) is 16.5. The third kappa shape index (κ3) is 4.18. The van der Waals surface area contributed by atoms with E-state index in [1.165, 1.54) is 6.92 Å². The summed E-state index contributed by atoms with van der Waals surface area (Å²) in [5.41, 5.74) is 2.81. The van der Waals surface area contributed by atoms with Gasteiger partial charge in [-0.05, 0) is 42.9 Å². The average molecular weight is 442 g/mol. The van der Waals surface area contributed by atoms with Gasteiger partial charge in [0.05, 0.1) is 11.7 Å². The van der Waals surface area contributed by atoms with Gasteiger partial charge in [0.15, 0.2) is 17.5 Å². The van der Waals surface area contributed by atoms with Crippen LogP contribution in [0.15, 0.2) is 58.6 Å². The van der Waals surface area contributed by atoms with Crippen LogP contribution in [0.25, 0.3) is 5.70 Å². The van der Waals surface area contributed by atoms with Gasteiger partial charge in [-0.1, -0.05) is 46.3 Å². The first-order chi connectivity index (χ1) is 13.0. The fourth-order valence-electron chi connectivity index (χ4n) is 3.00. The molecule has 5 nitrogen and oxygen atoms in total. The Bertz CT molecular complexity index is 967. The number of carbonyl (C=O) groups is 1. The van der Waals surface area contributed by atoms with E-state index in [0.717, 1.165) is 15.6 Å². The Morgan fingerprint density at radius 1 is 1.30 bits per heavy atom. The predicted molar refractivity (Wildman–Crippen MR) is 111 cm³/mol. The molecule has 7 heteroatoms. The van der Waals surface area contributed by atoms with Crippen LogP contribution in [-0.2, 0) is 4.79 Å². The van der Waals surface area contributed by atoms with Crippen LogP contribution in [0.4, 0.5) is 0 Å². The van der Waals surface area contributed by atoms with Crippen molar-refractivity contribution in [3.05, 3.63) is 69.7 Å². The van der Waals surface area contributed by atoms with Gasteiger partial charge in [0.1, 0.15) is 11.8 Å². The van der Waals surface area contributed by atoms with E-state index in [1.54, 1.807) is 6.07 Å². The Balaban J connectivity index is 2.19. The lowest BCUT2D eigenvalue weighted by Gasteiger charge is -2.32. The number of nitrogens with one attached hydrogen (secondary N) is 2. The first-order valence-corrected chi connectivity index (χ1v) is 9.38. The fourth-order valence-corrected chi connectivity index (χ4v) is 3.59. The van der Waals surface area contributed by atoms with Crippen LogP contribution in [0.5, 0.6) is 5.75 Å². The molecule has 1 unspecified atom stereocenters. The van der Waals surface area contributed by atoms with Gasteiger partial charge in [0.25, 0.3) is 0 Å². The number of ether oxygens (including phenoxy) is 1. The zero-order valence-electron chi connectivity index (χ0n) is 14.5. The molecular weight excluding hydrogens is 426 g/mol. The molecule has 136 valence electrons. The van der Waals surface area contributed by atoms with E-state index >= 15 is 0 Å². The van der Waals surface area contributed by atoms with Crippen LogP contribution in [0.2, 0.25) is 0 Å². The fraction of sp³-hybridized carbons (Fsp3) is 0.150. The Morgan fingerprint density at radius 2 is 2.04 bits per heavy atom. The monoisotopic (exact) mass is 441 g/mol. The number of Topliss-reactive ketones (excluding diaryl/α,β-unsaturated/α-hetero) is 1. The number of nitriles is 1.